The number of carbonyl (C=O) groups excluding carboxylic acids is 4. The molecule has 0 aromatic heterocycles. The molecule has 48 heavy (non-hydrogen) atoms. The molecule has 3 heterocycles. The average molecular weight is 666 g/mol. The van der Waals surface area contributed by atoms with Gasteiger partial charge in [-0.25, -0.2) is 4.79 Å². The Kier molecular flexibility index (Phi) is 11.6. The summed E-state index contributed by atoms with van der Waals surface area (Å²) in [4.78, 5) is 63.2. The molecule has 1 aromatic rings. The fourth-order valence-electron chi connectivity index (χ4n) is 8.33. The molecule has 5 rings (SSSR count). The van der Waals surface area contributed by atoms with Gasteiger partial charge in [-0.05, 0) is 94.0 Å². The molecule has 0 saturated carbocycles. The van der Waals surface area contributed by atoms with Crippen molar-refractivity contribution < 1.29 is 23.9 Å². The van der Waals surface area contributed by atoms with Crippen molar-refractivity contribution in [3.8, 4) is 0 Å². The Balaban J connectivity index is 1.24. The minimum atomic E-state index is -0.675. The van der Waals surface area contributed by atoms with E-state index in [1.807, 2.05) is 53.1 Å². The Morgan fingerprint density at radius 3 is 2.31 bits per heavy atom. The van der Waals surface area contributed by atoms with Crippen molar-refractivity contribution in [1.82, 2.24) is 24.9 Å². The van der Waals surface area contributed by atoms with E-state index in [0.717, 1.165) is 70.0 Å². The van der Waals surface area contributed by atoms with E-state index >= 15 is 0 Å². The number of hydrogen-bond acceptors (Lipinski definition) is 7. The molecule has 266 valence electrons. The second kappa shape index (κ2) is 15.3. The molecule has 0 spiro atoms. The lowest BCUT2D eigenvalue weighted by molar-refractivity contribution is -0.159. The normalized spacial score (nSPS) is 26.3. The van der Waals surface area contributed by atoms with E-state index in [1.165, 1.54) is 5.56 Å². The summed E-state index contributed by atoms with van der Waals surface area (Å²) < 4.78 is 6.04. The van der Waals surface area contributed by atoms with Crippen molar-refractivity contribution in [2.24, 2.45) is 11.3 Å². The molecular formula is C38H59N5O5. The van der Waals surface area contributed by atoms with Crippen LogP contribution in [0.1, 0.15) is 103 Å². The van der Waals surface area contributed by atoms with Crippen LogP contribution in [-0.2, 0) is 30.3 Å². The number of rotatable bonds is 10. The van der Waals surface area contributed by atoms with E-state index in [9.17, 15) is 19.2 Å². The third kappa shape index (κ3) is 7.91. The number of ether oxygens (including phenoxy) is 1. The van der Waals surface area contributed by atoms with Gasteiger partial charge in [0.25, 0.3) is 0 Å². The molecule has 3 aliphatic heterocycles. The van der Waals surface area contributed by atoms with E-state index in [0.29, 0.717) is 19.5 Å². The molecule has 0 unspecified atom stereocenters. The molecule has 3 fully saturated rings. The van der Waals surface area contributed by atoms with Crippen LogP contribution < -0.4 is 5.32 Å². The number of amides is 3. The van der Waals surface area contributed by atoms with Gasteiger partial charge in [0.1, 0.15) is 18.2 Å². The molecule has 10 heteroatoms. The van der Waals surface area contributed by atoms with Crippen LogP contribution in [-0.4, -0.2) is 114 Å². The highest BCUT2D eigenvalue weighted by atomic mass is 16.5. The van der Waals surface area contributed by atoms with Crippen LogP contribution >= 0.6 is 0 Å². The predicted octanol–water partition coefficient (Wildman–Crippen LogP) is 4.17. The molecule has 1 aromatic carbocycles. The SMILES string of the molecule is CC(C)[C@@H](CN1CCC[C@H]1C(=O)N1CCC[C@H]1C(=O)O[C@H]1CCc2ccccc21)N(C)C(=O)[C@@H](NC(=O)[C@H]1CCCCN1C)C(C)(C)C. The second-order valence-electron chi connectivity index (χ2n) is 16.1. The summed E-state index contributed by atoms with van der Waals surface area (Å²) in [5.74, 6) is -0.370. The van der Waals surface area contributed by atoms with Gasteiger partial charge in [-0.3, -0.25) is 24.2 Å². The van der Waals surface area contributed by atoms with Gasteiger partial charge in [-0.2, -0.15) is 0 Å². The van der Waals surface area contributed by atoms with Gasteiger partial charge in [0.15, 0.2) is 0 Å². The molecule has 10 nitrogen and oxygen atoms in total. The number of aryl methyl sites for hydroxylation is 1. The Morgan fingerprint density at radius 2 is 1.60 bits per heavy atom. The molecule has 1 N–H and O–H groups in total. The summed E-state index contributed by atoms with van der Waals surface area (Å²) in [6, 6.07) is 6.17. The summed E-state index contributed by atoms with van der Waals surface area (Å²) in [5, 5.41) is 3.15. The molecular weight excluding hydrogens is 606 g/mol. The van der Waals surface area contributed by atoms with Crippen molar-refractivity contribution in [3.05, 3.63) is 35.4 Å². The zero-order valence-electron chi connectivity index (χ0n) is 30.4. The van der Waals surface area contributed by atoms with Crippen molar-refractivity contribution in [1.29, 1.82) is 0 Å². The first-order valence-electron chi connectivity index (χ1n) is 18.4. The van der Waals surface area contributed by atoms with Gasteiger partial charge < -0.3 is 19.9 Å². The van der Waals surface area contributed by atoms with Crippen LogP contribution in [0.15, 0.2) is 24.3 Å². The number of hydrogen-bond donors (Lipinski definition) is 1. The van der Waals surface area contributed by atoms with Gasteiger partial charge in [-0.15, -0.1) is 0 Å². The minimum absolute atomic E-state index is 0.00769. The summed E-state index contributed by atoms with van der Waals surface area (Å²) in [5.41, 5.74) is 1.83. The lowest BCUT2D eigenvalue weighted by Gasteiger charge is -2.41. The Bertz CT molecular complexity index is 1330. The lowest BCUT2D eigenvalue weighted by Crippen LogP contribution is -2.61. The number of fused-ring (bicyclic) bond motifs is 1. The first-order chi connectivity index (χ1) is 22.8. The van der Waals surface area contributed by atoms with Gasteiger partial charge >= 0.3 is 5.97 Å². The van der Waals surface area contributed by atoms with Crippen LogP contribution in [0.2, 0.25) is 0 Å². The third-order valence-corrected chi connectivity index (χ3v) is 11.3. The van der Waals surface area contributed by atoms with Crippen LogP contribution in [0.3, 0.4) is 0 Å². The van der Waals surface area contributed by atoms with Crippen molar-refractivity contribution in [2.75, 3.05) is 40.3 Å². The second-order valence-corrected chi connectivity index (χ2v) is 16.1. The number of likely N-dealkylation sites (N-methyl/N-ethyl adjacent to an activating group) is 2. The molecule has 1 aliphatic carbocycles. The standard InChI is InChI=1S/C38H59N5O5/c1-25(2)31(41(7)36(46)33(38(3,4)5)39-34(44)28-16-10-11-21-40(28)6)24-42-22-12-17-29(42)35(45)43-23-13-18-30(43)37(47)48-32-20-19-26-14-8-9-15-27(26)32/h8-9,14-15,25,28-33H,10-13,16-24H2,1-7H3,(H,39,44)/t28-,29+,30+,31-,32+,33-/m1/s1. The topological polar surface area (TPSA) is 103 Å². The van der Waals surface area contributed by atoms with Crippen LogP contribution in [0.4, 0.5) is 0 Å². The van der Waals surface area contributed by atoms with Crippen molar-refractivity contribution in [2.45, 2.75) is 129 Å². The maximum absolute atomic E-state index is 14.2. The molecule has 3 amide bonds. The average Bonchev–Trinajstić information content (AvgIpc) is 3.81. The Hall–Kier alpha value is -2.98. The third-order valence-electron chi connectivity index (χ3n) is 11.3. The van der Waals surface area contributed by atoms with E-state index in [-0.39, 0.29) is 53.8 Å². The summed E-state index contributed by atoms with van der Waals surface area (Å²) >= 11 is 0. The minimum Gasteiger partial charge on any atom is -0.456 e. The first-order valence-corrected chi connectivity index (χ1v) is 18.4. The number of nitrogens with one attached hydrogen (secondary N) is 1. The molecule has 0 radical (unpaired) electrons. The van der Waals surface area contributed by atoms with Crippen LogP contribution in [0, 0.1) is 11.3 Å². The van der Waals surface area contributed by atoms with Gasteiger partial charge in [-0.1, -0.05) is 65.3 Å². The zero-order chi connectivity index (χ0) is 34.7. The highest BCUT2D eigenvalue weighted by molar-refractivity contribution is 5.91. The summed E-state index contributed by atoms with van der Waals surface area (Å²) in [6.07, 6.45) is 7.33. The van der Waals surface area contributed by atoms with Gasteiger partial charge in [0.2, 0.25) is 17.7 Å². The van der Waals surface area contributed by atoms with Gasteiger partial charge in [0.05, 0.1) is 12.1 Å². The molecule has 0 bridgehead atoms. The van der Waals surface area contributed by atoms with Gasteiger partial charge in [0, 0.05) is 26.2 Å². The number of benzene rings is 1. The van der Waals surface area contributed by atoms with Crippen LogP contribution in [0.25, 0.3) is 0 Å². The smallest absolute Gasteiger partial charge is 0.329 e. The summed E-state index contributed by atoms with van der Waals surface area (Å²) in [7, 11) is 3.82. The Labute approximate surface area is 287 Å². The van der Waals surface area contributed by atoms with Crippen molar-refractivity contribution >= 4 is 23.7 Å². The lowest BCUT2D eigenvalue weighted by atomic mass is 9.84. The van der Waals surface area contributed by atoms with E-state index in [1.54, 1.807) is 9.80 Å². The Morgan fingerprint density at radius 1 is 0.917 bits per heavy atom. The van der Waals surface area contributed by atoms with Crippen LogP contribution in [0.5, 0.6) is 0 Å². The number of esters is 1. The first kappa shape index (κ1) is 36.3. The summed E-state index contributed by atoms with van der Waals surface area (Å²) in [6.45, 7) is 13.0. The highest BCUT2D eigenvalue weighted by Gasteiger charge is 2.44. The fraction of sp³-hybridized carbons (Fsp3) is 0.737. The predicted molar refractivity (Wildman–Crippen MR) is 186 cm³/mol. The monoisotopic (exact) mass is 665 g/mol. The maximum atomic E-state index is 14.2. The van der Waals surface area contributed by atoms with Crippen molar-refractivity contribution in [3.63, 3.8) is 0 Å². The number of likely N-dealkylation sites (tertiary alicyclic amines) is 3. The molecule has 3 saturated heterocycles. The quantitative estimate of drug-likeness (QED) is 0.375. The van der Waals surface area contributed by atoms with E-state index in [4.69, 9.17) is 4.74 Å². The number of piperidine rings is 1. The molecule has 6 atom stereocenters. The molecule has 4 aliphatic rings. The maximum Gasteiger partial charge on any atom is 0.329 e. The number of nitrogens with zero attached hydrogens (tertiary/aromatic N) is 4. The van der Waals surface area contributed by atoms with E-state index in [2.05, 4.69) is 35.0 Å². The van der Waals surface area contributed by atoms with E-state index < -0.39 is 17.5 Å². The fourth-order valence-corrected chi connectivity index (χ4v) is 8.33. The highest BCUT2D eigenvalue weighted by Crippen LogP contribution is 2.35. The largest absolute Gasteiger partial charge is 0.456 e. The number of carbonyl (C=O) groups is 4. The zero-order valence-corrected chi connectivity index (χ0v) is 30.4.